The molecule has 0 spiro atoms. The number of amides is 4. The predicted octanol–water partition coefficient (Wildman–Crippen LogP) is 5.98. The maximum Gasteiger partial charge on any atom is 0.431 e. The van der Waals surface area contributed by atoms with Crippen molar-refractivity contribution in [3.8, 4) is 16.9 Å². The molecule has 0 radical (unpaired) electrons. The van der Waals surface area contributed by atoms with Gasteiger partial charge in [0.2, 0.25) is 5.91 Å². The molecule has 3 heterocycles. The number of methoxy groups -OCH3 is 2. The molecule has 8 atom stereocenters. The Kier molecular flexibility index (Phi) is 14.7. The van der Waals surface area contributed by atoms with Gasteiger partial charge >= 0.3 is 18.2 Å². The number of nitrogens with one attached hydrogen (secondary N) is 2. The number of likely N-dealkylation sites (N-methyl/N-ethyl adjacent to an activating group) is 1. The molecular weight excluding hydrogens is 888 g/mol. The number of anilines is 1. The lowest BCUT2D eigenvalue weighted by molar-refractivity contribution is -0.163. The third-order valence-electron chi connectivity index (χ3n) is 13.2. The Balaban J connectivity index is 1.05. The number of fused-ring (bicyclic) bond motifs is 8. The third-order valence-corrected chi connectivity index (χ3v) is 13.6. The van der Waals surface area contributed by atoms with Crippen molar-refractivity contribution in [3.05, 3.63) is 106 Å². The Morgan fingerprint density at radius 2 is 1.75 bits per heavy atom. The van der Waals surface area contributed by atoms with Gasteiger partial charge in [-0.2, -0.15) is 5.48 Å². The van der Waals surface area contributed by atoms with Gasteiger partial charge in [0.25, 0.3) is 5.91 Å². The van der Waals surface area contributed by atoms with E-state index in [9.17, 15) is 29.1 Å². The molecule has 1 aliphatic carbocycles. The van der Waals surface area contributed by atoms with Crippen molar-refractivity contribution >= 4 is 47.3 Å². The topological polar surface area (TPSA) is 204 Å². The first-order valence-electron chi connectivity index (χ1n) is 22.0. The van der Waals surface area contributed by atoms with Crippen LogP contribution in [0, 0.1) is 5.92 Å². The van der Waals surface area contributed by atoms with Crippen LogP contribution in [0.25, 0.3) is 11.1 Å². The summed E-state index contributed by atoms with van der Waals surface area (Å²) in [6.07, 6.45) is -0.518. The fourth-order valence-electron chi connectivity index (χ4n) is 9.10. The molecule has 3 aromatic rings. The van der Waals surface area contributed by atoms with Crippen molar-refractivity contribution < 1.29 is 62.3 Å². The van der Waals surface area contributed by atoms with E-state index in [1.54, 1.807) is 45.2 Å². The summed E-state index contributed by atoms with van der Waals surface area (Å²) in [4.78, 5) is 74.9. The minimum absolute atomic E-state index is 0.0314. The highest BCUT2D eigenvalue weighted by atomic mass is 35.5. The molecule has 2 fully saturated rings. The number of aliphatic hydroxyl groups is 1. The Bertz CT molecular complexity index is 2420. The largest absolute Gasteiger partial charge is 0.495 e. The van der Waals surface area contributed by atoms with Gasteiger partial charge in [0.05, 0.1) is 25.3 Å². The zero-order valence-electron chi connectivity index (χ0n) is 38.7. The summed E-state index contributed by atoms with van der Waals surface area (Å²) in [5, 5.41) is 14.5. The van der Waals surface area contributed by atoms with Crippen molar-refractivity contribution in [1.82, 2.24) is 15.7 Å². The van der Waals surface area contributed by atoms with Crippen molar-refractivity contribution in [1.29, 1.82) is 0 Å². The number of benzene rings is 3. The molecule has 358 valence electrons. The first-order valence-corrected chi connectivity index (χ1v) is 22.3. The molecule has 18 heteroatoms. The summed E-state index contributed by atoms with van der Waals surface area (Å²) in [6.45, 7) is 6.17. The lowest BCUT2D eigenvalue weighted by atomic mass is 9.83. The Hall–Kier alpha value is -5.98. The lowest BCUT2D eigenvalue weighted by Gasteiger charge is -2.42. The number of ether oxygens (including phenoxy) is 6. The molecule has 67 heavy (non-hydrogen) atoms. The highest BCUT2D eigenvalue weighted by Crippen LogP contribution is 2.49. The van der Waals surface area contributed by atoms with Gasteiger partial charge in [0, 0.05) is 39.5 Å². The van der Waals surface area contributed by atoms with Crippen LogP contribution in [0.2, 0.25) is 5.02 Å². The summed E-state index contributed by atoms with van der Waals surface area (Å²) >= 11 is 6.80. The van der Waals surface area contributed by atoms with E-state index in [1.165, 1.54) is 33.1 Å². The molecule has 8 unspecified atom stereocenters. The number of halogens is 1. The molecule has 2 saturated heterocycles. The molecule has 3 aliphatic heterocycles. The molecular formula is C49H57ClN4O13. The van der Waals surface area contributed by atoms with Crippen LogP contribution in [-0.4, -0.2) is 123 Å². The summed E-state index contributed by atoms with van der Waals surface area (Å²) in [5.41, 5.74) is 5.17. The minimum Gasteiger partial charge on any atom is -0.495 e. The van der Waals surface area contributed by atoms with Crippen LogP contribution in [0.3, 0.4) is 0 Å². The second-order valence-electron chi connectivity index (χ2n) is 17.6. The average Bonchev–Trinajstić information content (AvgIpc) is 3.90. The molecule has 0 saturated carbocycles. The van der Waals surface area contributed by atoms with Gasteiger partial charge in [-0.25, -0.2) is 14.4 Å². The zero-order chi connectivity index (χ0) is 48.4. The van der Waals surface area contributed by atoms with Gasteiger partial charge in [0.1, 0.15) is 47.3 Å². The molecule has 4 bridgehead atoms. The number of hydrogen-bond donors (Lipinski definition) is 3. The van der Waals surface area contributed by atoms with E-state index >= 15 is 0 Å². The van der Waals surface area contributed by atoms with E-state index in [-0.39, 0.29) is 24.0 Å². The van der Waals surface area contributed by atoms with E-state index in [0.717, 1.165) is 38.3 Å². The van der Waals surface area contributed by atoms with Crippen LogP contribution in [0.1, 0.15) is 63.1 Å². The third kappa shape index (κ3) is 10.3. The van der Waals surface area contributed by atoms with Gasteiger partial charge in [-0.1, -0.05) is 90.9 Å². The molecule has 4 amide bonds. The number of allylic oxidation sites excluding steroid dienone is 3. The second kappa shape index (κ2) is 20.1. The molecule has 0 aromatic heterocycles. The fraction of sp³-hybridized carbons (Fsp3) is 0.449. The van der Waals surface area contributed by atoms with Gasteiger partial charge in [-0.15, -0.1) is 0 Å². The SMILES string of the molecule is COc1cc2cc(c1Cl)N(C)C(=O)CC(OC(=O)C(C)N(C)C(=O)CONC(=O)OCC1c3ccccc3-c3ccccc31)C1(C)OC1C(C)C1CC(O)(NC(=O)O1)C(OC)/C=C/C=C(\C)C2. The molecule has 3 N–H and O–H groups in total. The van der Waals surface area contributed by atoms with E-state index in [4.69, 9.17) is 44.9 Å². The van der Waals surface area contributed by atoms with Crippen molar-refractivity contribution in [2.24, 2.45) is 5.92 Å². The van der Waals surface area contributed by atoms with Gasteiger partial charge < -0.3 is 43.3 Å². The maximum atomic E-state index is 14.3. The number of nitrogens with zero attached hydrogens (tertiary/aromatic N) is 2. The number of carbonyl (C=O) groups is 5. The van der Waals surface area contributed by atoms with Gasteiger partial charge in [0.15, 0.2) is 12.3 Å². The first-order chi connectivity index (χ1) is 31.9. The average molecular weight is 945 g/mol. The van der Waals surface area contributed by atoms with Crippen LogP contribution in [0.15, 0.2) is 84.5 Å². The van der Waals surface area contributed by atoms with Gasteiger partial charge in [-0.05, 0) is 67.1 Å². The number of alkyl carbamates (subject to hydrolysis) is 1. The summed E-state index contributed by atoms with van der Waals surface area (Å²) in [6, 6.07) is 18.1. The highest BCUT2D eigenvalue weighted by molar-refractivity contribution is 6.35. The minimum atomic E-state index is -1.88. The summed E-state index contributed by atoms with van der Waals surface area (Å²) < 4.78 is 34.8. The number of carbonyl (C=O) groups excluding carboxylic acids is 5. The highest BCUT2D eigenvalue weighted by Gasteiger charge is 2.64. The first kappa shape index (κ1) is 48.9. The quantitative estimate of drug-likeness (QED) is 0.0927. The van der Waals surface area contributed by atoms with Crippen LogP contribution >= 0.6 is 11.6 Å². The maximum absolute atomic E-state index is 14.3. The zero-order valence-corrected chi connectivity index (χ0v) is 39.5. The van der Waals surface area contributed by atoms with Crippen LogP contribution < -0.4 is 20.4 Å². The molecule has 17 nitrogen and oxygen atoms in total. The van der Waals surface area contributed by atoms with E-state index in [0.29, 0.717) is 17.9 Å². The molecule has 7 rings (SSSR count). The number of hydrogen-bond acceptors (Lipinski definition) is 13. The Labute approximate surface area is 394 Å². The standard InChI is InChI=1S/C49H57ClN4O13/c1-27-14-13-19-39(62-8)49(60)24-38(65-46(58)51-49)28(2)44-48(4,67-44)40(23-41(55)54(6)36-21-30(20-27)22-37(61-7)43(36)50)66-45(57)29(3)53(5)42(56)26-64-52-47(59)63-25-35-33-17-11-9-15-31(33)32-16-10-12-18-34(32)35/h9-19,21-22,28-29,35,38-40,44,60H,20,23-26H2,1-8H3,(H,51,58)(H,52,59)/b19-13+,27-14+. The van der Waals surface area contributed by atoms with Crippen molar-refractivity contribution in [2.45, 2.75) is 94.7 Å². The lowest BCUT2D eigenvalue weighted by Crippen LogP contribution is -2.63. The predicted molar refractivity (Wildman–Crippen MR) is 245 cm³/mol. The molecule has 3 aromatic carbocycles. The van der Waals surface area contributed by atoms with Crippen molar-refractivity contribution in [3.63, 3.8) is 0 Å². The normalized spacial score (nSPS) is 27.6. The number of rotatable bonds is 10. The van der Waals surface area contributed by atoms with Gasteiger partial charge in [-0.3, -0.25) is 19.7 Å². The fourth-order valence-corrected chi connectivity index (χ4v) is 9.42. The summed E-state index contributed by atoms with van der Waals surface area (Å²) in [5.74, 6) is -2.50. The van der Waals surface area contributed by atoms with E-state index < -0.39 is 90.7 Å². The number of esters is 1. The Morgan fingerprint density at radius 3 is 2.40 bits per heavy atom. The van der Waals surface area contributed by atoms with Crippen LogP contribution in [-0.2, 0) is 49.3 Å². The van der Waals surface area contributed by atoms with Crippen LogP contribution in [0.4, 0.5) is 15.3 Å². The monoisotopic (exact) mass is 944 g/mol. The number of epoxide rings is 1. The number of hydroxylamine groups is 1. The van der Waals surface area contributed by atoms with E-state index in [1.807, 2.05) is 61.5 Å². The smallest absolute Gasteiger partial charge is 0.431 e. The van der Waals surface area contributed by atoms with Crippen LogP contribution in [0.5, 0.6) is 5.75 Å². The summed E-state index contributed by atoms with van der Waals surface area (Å²) in [7, 11) is 5.79. The molecule has 4 aliphatic rings. The van der Waals surface area contributed by atoms with E-state index in [2.05, 4.69) is 10.8 Å². The Morgan fingerprint density at radius 1 is 1.07 bits per heavy atom. The van der Waals surface area contributed by atoms with Crippen molar-refractivity contribution in [2.75, 3.05) is 46.4 Å². The second-order valence-corrected chi connectivity index (χ2v) is 18.0.